The number of allylic oxidation sites excluding steroid dienone is 1. The van der Waals surface area contributed by atoms with E-state index >= 15 is 0 Å². The predicted molar refractivity (Wildman–Crippen MR) is 59.9 cm³/mol. The first-order chi connectivity index (χ1) is 8.71. The van der Waals surface area contributed by atoms with Crippen LogP contribution in [0.4, 0.5) is 22.0 Å². The zero-order valence-corrected chi connectivity index (χ0v) is 9.91. The van der Waals surface area contributed by atoms with Crippen molar-refractivity contribution in [1.82, 2.24) is 0 Å². The molecule has 0 saturated carbocycles. The molecule has 0 aliphatic carbocycles. The summed E-state index contributed by atoms with van der Waals surface area (Å²) in [5.74, 6) is -3.67. The molecule has 1 atom stereocenters. The summed E-state index contributed by atoms with van der Waals surface area (Å²) in [6, 6.07) is 2.39. The van der Waals surface area contributed by atoms with Crippen molar-refractivity contribution in [3.8, 4) is 0 Å². The molecule has 8 heteroatoms. The molecular weight excluding hydrogens is 289 g/mol. The van der Waals surface area contributed by atoms with Gasteiger partial charge in [-0.1, -0.05) is 17.8 Å². The lowest BCUT2D eigenvalue weighted by Crippen LogP contribution is -2.31. The zero-order valence-electron chi connectivity index (χ0n) is 9.09. The first-order valence-corrected chi connectivity index (χ1v) is 5.82. The van der Waals surface area contributed by atoms with Gasteiger partial charge in [0.25, 0.3) is 0 Å². The Morgan fingerprint density at radius 1 is 1.16 bits per heavy atom. The summed E-state index contributed by atoms with van der Waals surface area (Å²) in [4.78, 5) is 11.7. The van der Waals surface area contributed by atoms with Crippen molar-refractivity contribution >= 4 is 23.1 Å². The second kappa shape index (κ2) is 4.52. The number of carbonyl (C=O) groups is 1. The maximum Gasteiger partial charge on any atom is 0.408 e. The van der Waals surface area contributed by atoms with Crippen LogP contribution in [0.5, 0.6) is 0 Å². The minimum absolute atomic E-state index is 0.160. The van der Waals surface area contributed by atoms with E-state index in [1.807, 2.05) is 0 Å². The lowest BCUT2D eigenvalue weighted by Gasteiger charge is -2.12. The second-order valence-corrected chi connectivity index (χ2v) is 4.92. The summed E-state index contributed by atoms with van der Waals surface area (Å²) in [6.07, 6.45) is -4.74. The molecule has 0 radical (unpaired) electrons. The molecule has 2 nitrogen and oxygen atoms in total. The van der Waals surface area contributed by atoms with Crippen LogP contribution in [0, 0.1) is 11.6 Å². The third kappa shape index (κ3) is 2.44. The molecule has 0 bridgehead atoms. The van der Waals surface area contributed by atoms with Crippen molar-refractivity contribution in [1.29, 1.82) is 0 Å². The van der Waals surface area contributed by atoms with Crippen LogP contribution >= 0.6 is 11.8 Å². The van der Waals surface area contributed by atoms with Gasteiger partial charge in [0.05, 0.1) is 10.6 Å². The van der Waals surface area contributed by atoms with Crippen LogP contribution in [-0.4, -0.2) is 17.2 Å². The van der Waals surface area contributed by atoms with Crippen LogP contribution in [0.3, 0.4) is 0 Å². The van der Waals surface area contributed by atoms with Gasteiger partial charge >= 0.3 is 6.18 Å². The third-order valence-corrected chi connectivity index (χ3v) is 3.66. The van der Waals surface area contributed by atoms with Gasteiger partial charge in [-0.2, -0.15) is 13.2 Å². The Labute approximate surface area is 108 Å². The molecule has 2 N–H and O–H groups in total. The molecule has 1 aliphatic rings. The van der Waals surface area contributed by atoms with E-state index in [0.717, 1.165) is 12.1 Å². The number of thioether (sulfide) groups is 1. The summed E-state index contributed by atoms with van der Waals surface area (Å²) < 4.78 is 63.5. The van der Waals surface area contributed by atoms with Crippen LogP contribution in [0.1, 0.15) is 5.56 Å². The lowest BCUT2D eigenvalue weighted by atomic mass is 10.0. The van der Waals surface area contributed by atoms with Gasteiger partial charge in [0.1, 0.15) is 0 Å². The highest BCUT2D eigenvalue weighted by atomic mass is 32.2. The fourth-order valence-electron chi connectivity index (χ4n) is 1.64. The highest BCUT2D eigenvalue weighted by molar-refractivity contribution is 8.05. The second-order valence-electron chi connectivity index (χ2n) is 3.77. The molecule has 0 spiro atoms. The summed E-state index contributed by atoms with van der Waals surface area (Å²) in [5.41, 5.74) is 4.79. The van der Waals surface area contributed by atoms with E-state index in [1.54, 1.807) is 0 Å². The Morgan fingerprint density at radius 2 is 1.79 bits per heavy atom. The van der Waals surface area contributed by atoms with E-state index < -0.39 is 34.4 Å². The highest BCUT2D eigenvalue weighted by Crippen LogP contribution is 2.44. The van der Waals surface area contributed by atoms with E-state index in [1.165, 1.54) is 0 Å². The number of alkyl halides is 3. The van der Waals surface area contributed by atoms with Crippen molar-refractivity contribution in [2.75, 3.05) is 0 Å². The van der Waals surface area contributed by atoms with E-state index in [2.05, 4.69) is 0 Å². The molecule has 1 heterocycles. The molecule has 0 amide bonds. The molecule has 2 rings (SSSR count). The summed E-state index contributed by atoms with van der Waals surface area (Å²) in [7, 11) is 0. The topological polar surface area (TPSA) is 43.1 Å². The predicted octanol–water partition coefficient (Wildman–Crippen LogP) is 2.84. The number of halogens is 5. The van der Waals surface area contributed by atoms with E-state index in [9.17, 15) is 26.7 Å². The van der Waals surface area contributed by atoms with Crippen molar-refractivity contribution in [2.24, 2.45) is 5.73 Å². The molecule has 1 aromatic carbocycles. The molecule has 0 saturated heterocycles. The standard InChI is InChI=1S/C11H6F5NOS/c12-5-2-1-4(3-6(5)13)7-8(18)9(11(14,15)16)19-10(7)17/h1-3,9H,17H2. The number of Topliss-reactive ketones (excluding diaryl/α,β-unsaturated/α-hetero) is 1. The van der Waals surface area contributed by atoms with Crippen molar-refractivity contribution in [3.63, 3.8) is 0 Å². The quantitative estimate of drug-likeness (QED) is 0.810. The first-order valence-electron chi connectivity index (χ1n) is 4.94. The average Bonchev–Trinajstić information content (AvgIpc) is 2.58. The Hall–Kier alpha value is -1.57. The van der Waals surface area contributed by atoms with E-state index in [4.69, 9.17) is 5.73 Å². The minimum Gasteiger partial charge on any atom is -0.393 e. The maximum absolute atomic E-state index is 13.0. The Morgan fingerprint density at radius 3 is 2.26 bits per heavy atom. The molecular formula is C11H6F5NOS. The number of carbonyl (C=O) groups excluding carboxylic acids is 1. The van der Waals surface area contributed by atoms with Gasteiger partial charge in [0, 0.05) is 0 Å². The van der Waals surface area contributed by atoms with E-state index in [-0.39, 0.29) is 22.4 Å². The van der Waals surface area contributed by atoms with Crippen LogP contribution in [-0.2, 0) is 4.79 Å². The Bertz CT molecular complexity index is 581. The van der Waals surface area contributed by atoms with Gasteiger partial charge in [-0.3, -0.25) is 4.79 Å². The zero-order chi connectivity index (χ0) is 14.4. The Balaban J connectivity index is 2.42. The van der Waals surface area contributed by atoms with Gasteiger partial charge < -0.3 is 5.73 Å². The summed E-state index contributed by atoms with van der Waals surface area (Å²) in [6.45, 7) is 0. The summed E-state index contributed by atoms with van der Waals surface area (Å²) >= 11 is 0.160. The number of hydrogen-bond donors (Lipinski definition) is 1. The molecule has 1 unspecified atom stereocenters. The number of benzene rings is 1. The van der Waals surface area contributed by atoms with Crippen LogP contribution in [0.25, 0.3) is 5.57 Å². The first kappa shape index (κ1) is 13.9. The third-order valence-electron chi connectivity index (χ3n) is 2.48. The van der Waals surface area contributed by atoms with Gasteiger partial charge in [0.15, 0.2) is 22.7 Å². The molecule has 0 fully saturated rings. The van der Waals surface area contributed by atoms with Crippen molar-refractivity contribution in [3.05, 3.63) is 40.4 Å². The van der Waals surface area contributed by atoms with Crippen LogP contribution in [0.2, 0.25) is 0 Å². The van der Waals surface area contributed by atoms with Gasteiger partial charge in [-0.05, 0) is 17.7 Å². The van der Waals surface area contributed by atoms with E-state index in [0.29, 0.717) is 6.07 Å². The van der Waals surface area contributed by atoms with Crippen LogP contribution < -0.4 is 5.73 Å². The number of rotatable bonds is 1. The number of nitrogens with two attached hydrogens (primary N) is 1. The SMILES string of the molecule is NC1=C(c2ccc(F)c(F)c2)C(=O)C(C(F)(F)F)S1. The van der Waals surface area contributed by atoms with Crippen molar-refractivity contribution < 1.29 is 26.7 Å². The van der Waals surface area contributed by atoms with Crippen molar-refractivity contribution in [2.45, 2.75) is 11.4 Å². The molecule has 19 heavy (non-hydrogen) atoms. The Kier molecular flexibility index (Phi) is 3.29. The van der Waals surface area contributed by atoms with Gasteiger partial charge in [-0.15, -0.1) is 0 Å². The van der Waals surface area contributed by atoms with Crippen LogP contribution in [0.15, 0.2) is 23.2 Å². The fraction of sp³-hybridized carbons (Fsp3) is 0.182. The average molecular weight is 295 g/mol. The highest BCUT2D eigenvalue weighted by Gasteiger charge is 2.51. The minimum atomic E-state index is -4.74. The largest absolute Gasteiger partial charge is 0.408 e. The molecule has 1 aromatic rings. The lowest BCUT2D eigenvalue weighted by molar-refractivity contribution is -0.144. The molecule has 0 aromatic heterocycles. The maximum atomic E-state index is 13.0. The van der Waals surface area contributed by atoms with Gasteiger partial charge in [-0.25, -0.2) is 8.78 Å². The molecule has 1 aliphatic heterocycles. The molecule has 102 valence electrons. The normalized spacial score (nSPS) is 20.3. The fourth-order valence-corrected chi connectivity index (χ4v) is 2.59. The summed E-state index contributed by atoms with van der Waals surface area (Å²) in [5, 5.41) is -2.64. The monoisotopic (exact) mass is 295 g/mol. The number of ketones is 1. The van der Waals surface area contributed by atoms with Gasteiger partial charge in [0.2, 0.25) is 0 Å². The number of hydrogen-bond acceptors (Lipinski definition) is 3. The smallest absolute Gasteiger partial charge is 0.393 e.